The summed E-state index contributed by atoms with van der Waals surface area (Å²) in [7, 11) is 1.43. The molecule has 2 rings (SSSR count). The number of fused-ring (bicyclic) bond motifs is 1. The fourth-order valence-electron chi connectivity index (χ4n) is 2.35. The zero-order chi connectivity index (χ0) is 18.9. The number of hydrogen-bond donors (Lipinski definition) is 1. The molecule has 0 saturated heterocycles. The molecule has 136 valence electrons. The smallest absolute Gasteiger partial charge is 0.332 e. The molecule has 2 aromatic heterocycles. The topological polar surface area (TPSA) is 113 Å². The Morgan fingerprint density at radius 3 is 2.40 bits per heavy atom. The Kier molecular flexibility index (Phi) is 5.66. The first-order valence-corrected chi connectivity index (χ1v) is 9.04. The van der Waals surface area contributed by atoms with Gasteiger partial charge in [0, 0.05) is 19.5 Å². The lowest BCUT2D eigenvalue weighted by Crippen LogP contribution is -2.39. The van der Waals surface area contributed by atoms with Crippen molar-refractivity contribution < 1.29 is 4.79 Å². The van der Waals surface area contributed by atoms with Crippen molar-refractivity contribution in [1.82, 2.24) is 19.1 Å². The molecule has 2 N–H and O–H groups in total. The average molecular weight is 365 g/mol. The molecule has 9 heteroatoms. The van der Waals surface area contributed by atoms with Crippen LogP contribution in [0.1, 0.15) is 45.9 Å². The maximum atomic E-state index is 12.7. The zero-order valence-corrected chi connectivity index (χ0v) is 15.9. The Bertz CT molecular complexity index is 932. The highest BCUT2D eigenvalue weighted by molar-refractivity contribution is 8.00. The molecule has 0 radical (unpaired) electrons. The molecule has 1 atom stereocenters. The third kappa shape index (κ3) is 3.60. The minimum absolute atomic E-state index is 0.00173. The lowest BCUT2D eigenvalue weighted by atomic mass is 10.2. The molecule has 25 heavy (non-hydrogen) atoms. The number of amides is 1. The molecule has 0 unspecified atom stereocenters. The number of aryl methyl sites for hydroxylation is 1. The van der Waals surface area contributed by atoms with E-state index in [1.807, 2.05) is 20.8 Å². The summed E-state index contributed by atoms with van der Waals surface area (Å²) in [5, 5.41) is 0.0675. The van der Waals surface area contributed by atoms with E-state index in [0.29, 0.717) is 29.5 Å². The van der Waals surface area contributed by atoms with E-state index in [-0.39, 0.29) is 11.3 Å². The molecule has 8 nitrogen and oxygen atoms in total. The number of primary amides is 1. The second-order valence-corrected chi connectivity index (χ2v) is 7.53. The predicted octanol–water partition coefficient (Wildman–Crippen LogP) is 0.989. The number of nitrogens with zero attached hydrogens (tertiary/aromatic N) is 4. The molecule has 0 aliphatic carbocycles. The predicted molar refractivity (Wildman–Crippen MR) is 97.9 cm³/mol. The minimum atomic E-state index is -0.561. The second kappa shape index (κ2) is 7.38. The molecule has 1 amide bonds. The van der Waals surface area contributed by atoms with Crippen molar-refractivity contribution in [2.75, 3.05) is 0 Å². The summed E-state index contributed by atoms with van der Waals surface area (Å²) in [4.78, 5) is 45.6. The van der Waals surface area contributed by atoms with Crippen molar-refractivity contribution in [2.24, 2.45) is 12.8 Å². The van der Waals surface area contributed by atoms with Gasteiger partial charge in [0.05, 0.1) is 5.25 Å². The number of carbonyl (C=O) groups excluding carboxylic acids is 1. The zero-order valence-electron chi connectivity index (χ0n) is 15.1. The summed E-state index contributed by atoms with van der Waals surface area (Å²) < 4.78 is 2.54. The number of hydrogen-bond acceptors (Lipinski definition) is 6. The molecular formula is C16H23N5O3S. The first kappa shape index (κ1) is 19.2. The van der Waals surface area contributed by atoms with E-state index in [9.17, 15) is 14.4 Å². The molecule has 0 aliphatic rings. The lowest BCUT2D eigenvalue weighted by Gasteiger charge is -2.16. The van der Waals surface area contributed by atoms with Gasteiger partial charge in [-0.05, 0) is 13.3 Å². The third-order valence-corrected chi connectivity index (χ3v) is 4.92. The second-order valence-electron chi connectivity index (χ2n) is 6.20. The number of rotatable bonds is 6. The quantitative estimate of drug-likeness (QED) is 0.603. The van der Waals surface area contributed by atoms with Gasteiger partial charge in [0.2, 0.25) is 5.91 Å². The SMILES string of the molecule is CCCn1c(=O)n(C)c(=O)c2c(S[C@H](C)C(N)=O)nc(C(C)C)nc21. The Hall–Kier alpha value is -2.16. The summed E-state index contributed by atoms with van der Waals surface area (Å²) in [5.74, 6) is 0.0209. The van der Waals surface area contributed by atoms with E-state index < -0.39 is 22.4 Å². The van der Waals surface area contributed by atoms with Crippen LogP contribution in [0.5, 0.6) is 0 Å². The molecule has 0 aliphatic heterocycles. The van der Waals surface area contributed by atoms with Gasteiger partial charge in [0.1, 0.15) is 16.2 Å². The van der Waals surface area contributed by atoms with Gasteiger partial charge in [0.25, 0.3) is 5.56 Å². The number of nitrogens with two attached hydrogens (primary N) is 1. The number of thioether (sulfide) groups is 1. The first-order chi connectivity index (χ1) is 11.7. The number of carbonyl (C=O) groups is 1. The van der Waals surface area contributed by atoms with E-state index in [0.717, 1.165) is 16.3 Å². The van der Waals surface area contributed by atoms with Gasteiger partial charge in [-0.15, -0.1) is 0 Å². The van der Waals surface area contributed by atoms with Gasteiger partial charge in [-0.2, -0.15) is 0 Å². The molecular weight excluding hydrogens is 342 g/mol. The van der Waals surface area contributed by atoms with Gasteiger partial charge >= 0.3 is 5.69 Å². The normalized spacial score (nSPS) is 12.7. The van der Waals surface area contributed by atoms with Crippen LogP contribution in [0, 0.1) is 0 Å². The summed E-state index contributed by atoms with van der Waals surface area (Å²) >= 11 is 1.11. The highest BCUT2D eigenvalue weighted by Gasteiger charge is 2.22. The van der Waals surface area contributed by atoms with Crippen molar-refractivity contribution in [3.63, 3.8) is 0 Å². The van der Waals surface area contributed by atoms with E-state index >= 15 is 0 Å². The van der Waals surface area contributed by atoms with Gasteiger partial charge in [-0.25, -0.2) is 14.8 Å². The van der Waals surface area contributed by atoms with Crippen molar-refractivity contribution in [1.29, 1.82) is 0 Å². The highest BCUT2D eigenvalue weighted by atomic mass is 32.2. The fourth-order valence-corrected chi connectivity index (χ4v) is 3.24. The molecule has 2 aromatic rings. The molecule has 0 saturated carbocycles. The Labute approximate surface area is 149 Å². The largest absolute Gasteiger partial charge is 0.369 e. The van der Waals surface area contributed by atoms with Gasteiger partial charge in [-0.3, -0.25) is 18.7 Å². The van der Waals surface area contributed by atoms with Crippen molar-refractivity contribution in [3.05, 3.63) is 26.7 Å². The van der Waals surface area contributed by atoms with Crippen LogP contribution in [-0.4, -0.2) is 30.3 Å². The fraction of sp³-hybridized carbons (Fsp3) is 0.562. The van der Waals surface area contributed by atoms with Crippen LogP contribution in [-0.2, 0) is 18.4 Å². The molecule has 2 heterocycles. The van der Waals surface area contributed by atoms with E-state index in [1.54, 1.807) is 6.92 Å². The van der Waals surface area contributed by atoms with Crippen LogP contribution in [0.4, 0.5) is 0 Å². The maximum absolute atomic E-state index is 12.7. The van der Waals surface area contributed by atoms with Crippen LogP contribution in [0.15, 0.2) is 14.6 Å². The molecule has 0 bridgehead atoms. The van der Waals surface area contributed by atoms with Crippen LogP contribution in [0.3, 0.4) is 0 Å². The maximum Gasteiger partial charge on any atom is 0.332 e. The first-order valence-electron chi connectivity index (χ1n) is 8.16. The minimum Gasteiger partial charge on any atom is -0.369 e. The van der Waals surface area contributed by atoms with Crippen LogP contribution >= 0.6 is 11.8 Å². The van der Waals surface area contributed by atoms with E-state index in [2.05, 4.69) is 9.97 Å². The van der Waals surface area contributed by atoms with Crippen LogP contribution in [0.2, 0.25) is 0 Å². The van der Waals surface area contributed by atoms with Crippen molar-refractivity contribution in [2.45, 2.75) is 56.9 Å². The van der Waals surface area contributed by atoms with E-state index in [1.165, 1.54) is 11.6 Å². The van der Waals surface area contributed by atoms with Crippen LogP contribution < -0.4 is 17.0 Å². The van der Waals surface area contributed by atoms with Gasteiger partial charge in [0.15, 0.2) is 5.65 Å². The van der Waals surface area contributed by atoms with Crippen molar-refractivity contribution >= 4 is 28.7 Å². The molecule has 0 spiro atoms. The number of aromatic nitrogens is 4. The standard InChI is InChI=1S/C16H23N5O3S/c1-6-7-21-13-10(15(23)20(5)16(21)24)14(25-9(4)11(17)22)19-12(18-13)8(2)3/h8-9H,6-7H2,1-5H3,(H2,17,22)/t9-/m1/s1. The highest BCUT2D eigenvalue weighted by Crippen LogP contribution is 2.27. The Balaban J connectivity index is 2.93. The van der Waals surface area contributed by atoms with Crippen LogP contribution in [0.25, 0.3) is 11.0 Å². The van der Waals surface area contributed by atoms with E-state index in [4.69, 9.17) is 5.73 Å². The van der Waals surface area contributed by atoms with Gasteiger partial charge in [-0.1, -0.05) is 32.5 Å². The third-order valence-electron chi connectivity index (χ3n) is 3.82. The summed E-state index contributed by atoms with van der Waals surface area (Å²) in [5.41, 5.74) is 4.79. The molecule has 0 aromatic carbocycles. The summed E-state index contributed by atoms with van der Waals surface area (Å²) in [6.45, 7) is 7.89. The Morgan fingerprint density at radius 1 is 1.24 bits per heavy atom. The lowest BCUT2D eigenvalue weighted by molar-refractivity contribution is -0.117. The monoisotopic (exact) mass is 365 g/mol. The average Bonchev–Trinajstić information content (AvgIpc) is 2.55. The Morgan fingerprint density at radius 2 is 1.88 bits per heavy atom. The van der Waals surface area contributed by atoms with Crippen molar-refractivity contribution in [3.8, 4) is 0 Å². The summed E-state index contributed by atoms with van der Waals surface area (Å²) in [6, 6.07) is 0. The van der Waals surface area contributed by atoms with Gasteiger partial charge < -0.3 is 5.73 Å². The molecule has 0 fully saturated rings. The summed E-state index contributed by atoms with van der Waals surface area (Å²) in [6.07, 6.45) is 0.717.